The minimum Gasteiger partial charge on any atom is -0.319 e. The van der Waals surface area contributed by atoms with Gasteiger partial charge in [-0.3, -0.25) is 4.79 Å². The average molecular weight is 234 g/mol. The Kier molecular flexibility index (Phi) is 1.86. The van der Waals surface area contributed by atoms with E-state index in [0.717, 1.165) is 0 Å². The molecule has 1 aliphatic heterocycles. The molecule has 0 atom stereocenters. The Morgan fingerprint density at radius 3 is 2.71 bits per heavy atom. The van der Waals surface area contributed by atoms with Crippen molar-refractivity contribution in [3.05, 3.63) is 48.3 Å². The lowest BCUT2D eigenvalue weighted by Crippen LogP contribution is -2.31. The highest BCUT2D eigenvalue weighted by molar-refractivity contribution is 5.99. The molecule has 3 nitrogen and oxygen atoms in total. The Morgan fingerprint density at radius 1 is 1.12 bits per heavy atom. The molecule has 3 rings (SSSR count). The van der Waals surface area contributed by atoms with E-state index in [1.165, 1.54) is 22.9 Å². The summed E-state index contributed by atoms with van der Waals surface area (Å²) in [6, 6.07) is 9.45. The minimum atomic E-state index is -3.53. The molecule has 17 heavy (non-hydrogen) atoms. The van der Waals surface area contributed by atoms with E-state index in [4.69, 9.17) is 0 Å². The van der Waals surface area contributed by atoms with Gasteiger partial charge in [0.05, 0.1) is 11.4 Å². The summed E-state index contributed by atoms with van der Waals surface area (Å²) in [6.45, 7) is 0. The van der Waals surface area contributed by atoms with Crippen molar-refractivity contribution in [3.8, 4) is 5.69 Å². The number of carbonyl (C=O) groups is 1. The third kappa shape index (κ3) is 1.28. The SMILES string of the molecule is O=C1Nc2ccccc2-n2cccc2C1(F)F. The lowest BCUT2D eigenvalue weighted by Gasteiger charge is -2.12. The standard InChI is InChI=1S/C12H8F2N2O/c13-12(14)10-6-3-7-16(10)9-5-2-1-4-8(9)15-11(12)17/h1-7H,(H,15,17). The highest BCUT2D eigenvalue weighted by Crippen LogP contribution is 2.36. The second-order valence-corrected chi connectivity index (χ2v) is 3.81. The summed E-state index contributed by atoms with van der Waals surface area (Å²) < 4.78 is 29.0. The number of hydrogen-bond donors (Lipinski definition) is 1. The number of hydrogen-bond acceptors (Lipinski definition) is 1. The molecule has 1 amide bonds. The van der Waals surface area contributed by atoms with Gasteiger partial charge in [-0.25, -0.2) is 0 Å². The molecule has 1 aromatic carbocycles. The van der Waals surface area contributed by atoms with Crippen LogP contribution >= 0.6 is 0 Å². The number of anilines is 1. The first-order valence-electron chi connectivity index (χ1n) is 5.07. The monoisotopic (exact) mass is 234 g/mol. The molecule has 86 valence electrons. The number of alkyl halides is 2. The van der Waals surface area contributed by atoms with Gasteiger partial charge in [-0.2, -0.15) is 8.78 Å². The molecule has 1 N–H and O–H groups in total. The molecule has 0 aliphatic carbocycles. The third-order valence-electron chi connectivity index (χ3n) is 2.77. The van der Waals surface area contributed by atoms with Gasteiger partial charge in [0, 0.05) is 6.20 Å². The summed E-state index contributed by atoms with van der Waals surface area (Å²) in [4.78, 5) is 11.5. The molecule has 0 bridgehead atoms. The Labute approximate surface area is 95.7 Å². The van der Waals surface area contributed by atoms with Crippen LogP contribution in [0.2, 0.25) is 0 Å². The molecule has 1 aromatic heterocycles. The van der Waals surface area contributed by atoms with Crippen molar-refractivity contribution in [1.29, 1.82) is 0 Å². The van der Waals surface area contributed by atoms with Crippen LogP contribution in [0.15, 0.2) is 42.6 Å². The van der Waals surface area contributed by atoms with E-state index in [9.17, 15) is 13.6 Å². The van der Waals surface area contributed by atoms with Crippen LogP contribution in [0.3, 0.4) is 0 Å². The van der Waals surface area contributed by atoms with Crippen LogP contribution in [-0.2, 0) is 10.7 Å². The fourth-order valence-electron chi connectivity index (χ4n) is 1.95. The number of rotatable bonds is 0. The fourth-order valence-corrected chi connectivity index (χ4v) is 1.95. The Bertz CT molecular complexity index is 604. The lowest BCUT2D eigenvalue weighted by molar-refractivity contribution is -0.141. The van der Waals surface area contributed by atoms with Crippen LogP contribution in [0.25, 0.3) is 5.69 Å². The number of amides is 1. The summed E-state index contributed by atoms with van der Waals surface area (Å²) in [5.41, 5.74) is 0.602. The molecule has 5 heteroatoms. The Hall–Kier alpha value is -2.17. The van der Waals surface area contributed by atoms with E-state index in [2.05, 4.69) is 5.32 Å². The molecular weight excluding hydrogens is 226 g/mol. The lowest BCUT2D eigenvalue weighted by atomic mass is 10.2. The third-order valence-corrected chi connectivity index (χ3v) is 2.77. The van der Waals surface area contributed by atoms with Gasteiger partial charge >= 0.3 is 11.8 Å². The molecule has 0 radical (unpaired) electrons. The topological polar surface area (TPSA) is 34.0 Å². The zero-order chi connectivity index (χ0) is 12.0. The summed E-state index contributed by atoms with van der Waals surface area (Å²) in [5, 5.41) is 2.24. The number of carbonyl (C=O) groups excluding carboxylic acids is 1. The van der Waals surface area contributed by atoms with Crippen molar-refractivity contribution in [3.63, 3.8) is 0 Å². The predicted octanol–water partition coefficient (Wildman–Crippen LogP) is 2.52. The van der Waals surface area contributed by atoms with Gasteiger partial charge in [0.15, 0.2) is 0 Å². The normalized spacial score (nSPS) is 16.7. The summed E-state index contributed by atoms with van der Waals surface area (Å²) >= 11 is 0. The quantitative estimate of drug-likeness (QED) is 0.746. The van der Waals surface area contributed by atoms with Crippen molar-refractivity contribution in [2.75, 3.05) is 5.32 Å². The molecule has 0 saturated heterocycles. The first-order chi connectivity index (χ1) is 8.10. The number of nitrogens with zero attached hydrogens (tertiary/aromatic N) is 1. The molecule has 0 fully saturated rings. The second-order valence-electron chi connectivity index (χ2n) is 3.81. The Morgan fingerprint density at radius 2 is 1.88 bits per heavy atom. The van der Waals surface area contributed by atoms with Crippen LogP contribution in [-0.4, -0.2) is 10.5 Å². The van der Waals surface area contributed by atoms with Gasteiger partial charge in [-0.15, -0.1) is 0 Å². The van der Waals surface area contributed by atoms with Crippen molar-refractivity contribution < 1.29 is 13.6 Å². The van der Waals surface area contributed by atoms with Gasteiger partial charge in [0.2, 0.25) is 0 Å². The maximum atomic E-state index is 13.8. The van der Waals surface area contributed by atoms with Crippen LogP contribution in [0.1, 0.15) is 5.69 Å². The zero-order valence-corrected chi connectivity index (χ0v) is 8.65. The minimum absolute atomic E-state index is 0.319. The first kappa shape index (κ1) is 10.0. The average Bonchev–Trinajstić information content (AvgIpc) is 2.76. The predicted molar refractivity (Wildman–Crippen MR) is 58.3 cm³/mol. The van der Waals surface area contributed by atoms with E-state index in [-0.39, 0.29) is 5.69 Å². The van der Waals surface area contributed by atoms with E-state index in [1.54, 1.807) is 24.3 Å². The van der Waals surface area contributed by atoms with Gasteiger partial charge in [-0.05, 0) is 24.3 Å². The number of benzene rings is 1. The van der Waals surface area contributed by atoms with Gasteiger partial charge < -0.3 is 9.88 Å². The van der Waals surface area contributed by atoms with Gasteiger partial charge in [0.25, 0.3) is 0 Å². The molecular formula is C12H8F2N2O. The summed E-state index contributed by atoms with van der Waals surface area (Å²) in [7, 11) is 0. The smallest absolute Gasteiger partial charge is 0.319 e. The number of fused-ring (bicyclic) bond motifs is 3. The largest absolute Gasteiger partial charge is 0.364 e. The first-order valence-corrected chi connectivity index (χ1v) is 5.07. The Balaban J connectivity index is 2.35. The van der Waals surface area contributed by atoms with Crippen LogP contribution in [0.4, 0.5) is 14.5 Å². The molecule has 0 unspecified atom stereocenters. The van der Waals surface area contributed by atoms with E-state index < -0.39 is 11.8 Å². The highest BCUT2D eigenvalue weighted by atomic mass is 19.3. The van der Waals surface area contributed by atoms with E-state index in [0.29, 0.717) is 11.4 Å². The number of nitrogens with one attached hydrogen (secondary N) is 1. The molecule has 2 heterocycles. The molecule has 0 saturated carbocycles. The highest BCUT2D eigenvalue weighted by Gasteiger charge is 2.45. The van der Waals surface area contributed by atoms with Crippen LogP contribution in [0.5, 0.6) is 0 Å². The van der Waals surface area contributed by atoms with Gasteiger partial charge in [0.1, 0.15) is 5.69 Å². The molecule has 1 aliphatic rings. The van der Waals surface area contributed by atoms with Crippen LogP contribution in [0, 0.1) is 0 Å². The number of para-hydroxylation sites is 2. The fraction of sp³-hybridized carbons (Fsp3) is 0.0833. The number of halogens is 2. The summed E-state index contributed by atoms with van der Waals surface area (Å²) in [5.74, 6) is -4.83. The van der Waals surface area contributed by atoms with Crippen molar-refractivity contribution in [1.82, 2.24) is 4.57 Å². The van der Waals surface area contributed by atoms with Crippen LogP contribution < -0.4 is 5.32 Å². The van der Waals surface area contributed by atoms with E-state index >= 15 is 0 Å². The number of aromatic nitrogens is 1. The van der Waals surface area contributed by atoms with E-state index in [1.807, 2.05) is 0 Å². The maximum Gasteiger partial charge on any atom is 0.364 e. The van der Waals surface area contributed by atoms with Crippen molar-refractivity contribution in [2.24, 2.45) is 0 Å². The zero-order valence-electron chi connectivity index (χ0n) is 8.65. The maximum absolute atomic E-state index is 13.8. The van der Waals surface area contributed by atoms with Crippen molar-refractivity contribution >= 4 is 11.6 Å². The summed E-state index contributed by atoms with van der Waals surface area (Å²) in [6.07, 6.45) is 1.52. The van der Waals surface area contributed by atoms with Gasteiger partial charge in [-0.1, -0.05) is 12.1 Å². The van der Waals surface area contributed by atoms with Crippen molar-refractivity contribution in [2.45, 2.75) is 5.92 Å². The molecule has 0 spiro atoms. The molecule has 2 aromatic rings. The second kappa shape index (κ2) is 3.16.